The molecule has 1 atom stereocenters. The molecule has 25 heavy (non-hydrogen) atoms. The van der Waals surface area contributed by atoms with E-state index in [1.165, 1.54) is 0 Å². The lowest BCUT2D eigenvalue weighted by molar-refractivity contribution is -0.134. The Kier molecular flexibility index (Phi) is 5.34. The highest BCUT2D eigenvalue weighted by atomic mass is 32.1. The van der Waals surface area contributed by atoms with E-state index in [1.54, 1.807) is 23.3 Å². The fourth-order valence-corrected chi connectivity index (χ4v) is 3.69. The van der Waals surface area contributed by atoms with Crippen LogP contribution in [-0.4, -0.2) is 29.4 Å². The van der Waals surface area contributed by atoms with Crippen LogP contribution in [0.4, 0.5) is 0 Å². The van der Waals surface area contributed by atoms with E-state index >= 15 is 0 Å². The van der Waals surface area contributed by atoms with Crippen LogP contribution in [0, 0.1) is 0 Å². The normalized spacial score (nSPS) is 12.1. The molecule has 2 aromatic carbocycles. The zero-order valence-electron chi connectivity index (χ0n) is 14.7. The molecule has 4 nitrogen and oxygen atoms in total. The fraction of sp³-hybridized carbons (Fsp3) is 0.300. The van der Waals surface area contributed by atoms with Crippen LogP contribution >= 0.6 is 11.3 Å². The van der Waals surface area contributed by atoms with E-state index in [-0.39, 0.29) is 18.6 Å². The van der Waals surface area contributed by atoms with Gasteiger partial charge in [0.1, 0.15) is 10.8 Å². The Labute approximate surface area is 152 Å². The fourth-order valence-electron chi connectivity index (χ4n) is 2.63. The first-order chi connectivity index (χ1) is 12.1. The van der Waals surface area contributed by atoms with Crippen molar-refractivity contribution in [2.75, 3.05) is 13.7 Å². The van der Waals surface area contributed by atoms with Crippen LogP contribution in [0.3, 0.4) is 0 Å². The summed E-state index contributed by atoms with van der Waals surface area (Å²) in [7, 11) is 1.80. The quantitative estimate of drug-likeness (QED) is 0.656. The molecule has 0 aliphatic carbocycles. The van der Waals surface area contributed by atoms with Gasteiger partial charge in [0.25, 0.3) is 5.91 Å². The summed E-state index contributed by atoms with van der Waals surface area (Å²) in [4.78, 5) is 18.9. The Morgan fingerprint density at radius 3 is 2.68 bits per heavy atom. The van der Waals surface area contributed by atoms with Crippen molar-refractivity contribution in [1.82, 2.24) is 9.88 Å². The molecular formula is C20H22N2O2S. The molecule has 0 aliphatic heterocycles. The lowest BCUT2D eigenvalue weighted by atomic mass is 10.1. The first kappa shape index (κ1) is 17.4. The number of thiazole rings is 1. The number of hydrogen-bond donors (Lipinski definition) is 0. The largest absolute Gasteiger partial charge is 0.483 e. The molecule has 0 fully saturated rings. The number of likely N-dealkylation sites (N-methyl/N-ethyl adjacent to an activating group) is 1. The summed E-state index contributed by atoms with van der Waals surface area (Å²) in [5.74, 6) is 0.719. The number of benzene rings is 2. The number of carbonyl (C=O) groups excluding carboxylic acids is 1. The molecule has 0 saturated heterocycles. The molecule has 0 saturated carbocycles. The maximum atomic E-state index is 12.5. The van der Waals surface area contributed by atoms with Crippen LogP contribution in [0.1, 0.15) is 30.5 Å². The van der Waals surface area contributed by atoms with Gasteiger partial charge in [-0.25, -0.2) is 4.98 Å². The van der Waals surface area contributed by atoms with Gasteiger partial charge in [0.2, 0.25) is 0 Å². The molecule has 5 heteroatoms. The zero-order valence-corrected chi connectivity index (χ0v) is 15.5. The summed E-state index contributed by atoms with van der Waals surface area (Å²) in [6.07, 6.45) is 0.877. The molecule has 0 spiro atoms. The van der Waals surface area contributed by atoms with Crippen LogP contribution < -0.4 is 4.74 Å². The standard InChI is InChI=1S/C20H22N2O2S/c1-4-15-9-5-7-11-17(15)24-13-19(23)22(3)14(2)20-21-16-10-6-8-12-18(16)25-20/h5-12,14H,4,13H2,1-3H3. The number of nitrogens with zero attached hydrogens (tertiary/aromatic N) is 2. The monoisotopic (exact) mass is 354 g/mol. The van der Waals surface area contributed by atoms with E-state index in [2.05, 4.69) is 18.0 Å². The number of aryl methyl sites for hydroxylation is 1. The van der Waals surface area contributed by atoms with E-state index in [0.717, 1.165) is 33.0 Å². The Hall–Kier alpha value is -2.40. The second-order valence-electron chi connectivity index (χ2n) is 5.95. The minimum atomic E-state index is -0.0880. The van der Waals surface area contributed by atoms with Gasteiger partial charge in [-0.1, -0.05) is 37.3 Å². The van der Waals surface area contributed by atoms with Crippen LogP contribution in [0.25, 0.3) is 10.2 Å². The number of fused-ring (bicyclic) bond motifs is 1. The highest BCUT2D eigenvalue weighted by Gasteiger charge is 2.21. The Balaban J connectivity index is 1.67. The molecule has 1 amide bonds. The van der Waals surface area contributed by atoms with Crippen molar-refractivity contribution < 1.29 is 9.53 Å². The van der Waals surface area contributed by atoms with Gasteiger partial charge < -0.3 is 9.64 Å². The van der Waals surface area contributed by atoms with Crippen molar-refractivity contribution in [1.29, 1.82) is 0 Å². The van der Waals surface area contributed by atoms with Crippen molar-refractivity contribution in [3.63, 3.8) is 0 Å². The molecule has 1 aromatic heterocycles. The minimum Gasteiger partial charge on any atom is -0.483 e. The Morgan fingerprint density at radius 2 is 1.92 bits per heavy atom. The number of aromatic nitrogens is 1. The summed E-state index contributed by atoms with van der Waals surface area (Å²) in [6.45, 7) is 4.10. The summed E-state index contributed by atoms with van der Waals surface area (Å²) < 4.78 is 6.89. The molecule has 0 radical (unpaired) electrons. The number of carbonyl (C=O) groups is 1. The molecule has 0 N–H and O–H groups in total. The van der Waals surface area contributed by atoms with Gasteiger partial charge in [0.15, 0.2) is 6.61 Å². The lowest BCUT2D eigenvalue weighted by Gasteiger charge is -2.23. The maximum absolute atomic E-state index is 12.5. The summed E-state index contributed by atoms with van der Waals surface area (Å²) in [5.41, 5.74) is 2.08. The van der Waals surface area contributed by atoms with Crippen LogP contribution in [0.5, 0.6) is 5.75 Å². The molecule has 130 valence electrons. The topological polar surface area (TPSA) is 42.4 Å². The van der Waals surface area contributed by atoms with Gasteiger partial charge in [-0.05, 0) is 37.1 Å². The number of ether oxygens (including phenoxy) is 1. The zero-order chi connectivity index (χ0) is 17.8. The third kappa shape index (κ3) is 3.82. The van der Waals surface area contributed by atoms with E-state index < -0.39 is 0 Å². The molecule has 1 unspecified atom stereocenters. The minimum absolute atomic E-state index is 0.0305. The third-order valence-corrected chi connectivity index (χ3v) is 5.55. The molecule has 0 bridgehead atoms. The van der Waals surface area contributed by atoms with E-state index in [9.17, 15) is 4.79 Å². The average Bonchev–Trinajstić information content (AvgIpc) is 3.09. The predicted molar refractivity (Wildman–Crippen MR) is 102 cm³/mol. The van der Waals surface area contributed by atoms with Gasteiger partial charge >= 0.3 is 0 Å². The summed E-state index contributed by atoms with van der Waals surface area (Å²) in [5, 5.41) is 0.936. The maximum Gasteiger partial charge on any atom is 0.260 e. The summed E-state index contributed by atoms with van der Waals surface area (Å²) in [6, 6.07) is 15.8. The lowest BCUT2D eigenvalue weighted by Crippen LogP contribution is -2.33. The van der Waals surface area contributed by atoms with Crippen molar-refractivity contribution in [3.05, 3.63) is 59.1 Å². The number of amides is 1. The van der Waals surface area contributed by atoms with Gasteiger partial charge in [0.05, 0.1) is 16.3 Å². The van der Waals surface area contributed by atoms with Crippen molar-refractivity contribution in [3.8, 4) is 5.75 Å². The van der Waals surface area contributed by atoms with Crippen molar-refractivity contribution in [2.24, 2.45) is 0 Å². The first-order valence-corrected chi connectivity index (χ1v) is 9.23. The molecule has 0 aliphatic rings. The van der Waals surface area contributed by atoms with Crippen LogP contribution in [0.15, 0.2) is 48.5 Å². The van der Waals surface area contributed by atoms with Gasteiger partial charge in [0, 0.05) is 7.05 Å². The van der Waals surface area contributed by atoms with E-state index in [4.69, 9.17) is 4.74 Å². The highest BCUT2D eigenvalue weighted by molar-refractivity contribution is 7.18. The van der Waals surface area contributed by atoms with Crippen molar-refractivity contribution >= 4 is 27.5 Å². The van der Waals surface area contributed by atoms with Crippen LogP contribution in [-0.2, 0) is 11.2 Å². The highest BCUT2D eigenvalue weighted by Crippen LogP contribution is 2.29. The average molecular weight is 354 g/mol. The number of hydrogen-bond acceptors (Lipinski definition) is 4. The van der Waals surface area contributed by atoms with Gasteiger partial charge in [-0.15, -0.1) is 11.3 Å². The van der Waals surface area contributed by atoms with Crippen molar-refractivity contribution in [2.45, 2.75) is 26.3 Å². The predicted octanol–water partition coefficient (Wildman–Crippen LogP) is 4.46. The first-order valence-electron chi connectivity index (χ1n) is 8.42. The smallest absolute Gasteiger partial charge is 0.260 e. The molecule has 3 aromatic rings. The Morgan fingerprint density at radius 1 is 1.20 bits per heavy atom. The second kappa shape index (κ2) is 7.66. The van der Waals surface area contributed by atoms with Gasteiger partial charge in [-0.3, -0.25) is 4.79 Å². The second-order valence-corrected chi connectivity index (χ2v) is 7.01. The van der Waals surface area contributed by atoms with E-state index in [1.807, 2.05) is 49.4 Å². The number of rotatable bonds is 6. The SMILES string of the molecule is CCc1ccccc1OCC(=O)N(C)C(C)c1nc2ccccc2s1. The van der Waals surface area contributed by atoms with Gasteiger partial charge in [-0.2, -0.15) is 0 Å². The number of para-hydroxylation sites is 2. The molecule has 3 rings (SSSR count). The third-order valence-electron chi connectivity index (χ3n) is 4.35. The molecular weight excluding hydrogens is 332 g/mol. The van der Waals surface area contributed by atoms with Crippen LogP contribution in [0.2, 0.25) is 0 Å². The Bertz CT molecular complexity index is 842. The van der Waals surface area contributed by atoms with E-state index in [0.29, 0.717) is 0 Å². The molecule has 1 heterocycles. The summed E-state index contributed by atoms with van der Waals surface area (Å²) >= 11 is 1.63.